The molecular weight excluding hydrogens is 296 g/mol. The number of hydrogen-bond donors (Lipinski definition) is 0. The molecule has 0 saturated heterocycles. The van der Waals surface area contributed by atoms with E-state index < -0.39 is 0 Å². The lowest BCUT2D eigenvalue weighted by Gasteiger charge is -2.09. The van der Waals surface area contributed by atoms with Crippen LogP contribution in [0.5, 0.6) is 5.75 Å². The largest absolute Gasteiger partial charge is 0.493 e. The van der Waals surface area contributed by atoms with Crippen molar-refractivity contribution in [1.82, 2.24) is 9.55 Å². The first-order valence-electron chi connectivity index (χ1n) is 8.32. The zero-order valence-corrected chi connectivity index (χ0v) is 13.7. The van der Waals surface area contributed by atoms with Gasteiger partial charge < -0.3 is 9.30 Å². The third-order valence-electron chi connectivity index (χ3n) is 3.80. The lowest BCUT2D eigenvalue weighted by atomic mass is 10.1. The van der Waals surface area contributed by atoms with Gasteiger partial charge in [0.15, 0.2) is 0 Å². The van der Waals surface area contributed by atoms with Gasteiger partial charge in [0.2, 0.25) is 0 Å². The molecule has 0 spiro atoms. The summed E-state index contributed by atoms with van der Waals surface area (Å²) in [5.74, 6) is 0.937. The van der Waals surface area contributed by atoms with Crippen molar-refractivity contribution < 1.29 is 4.74 Å². The van der Waals surface area contributed by atoms with Crippen molar-refractivity contribution in [2.24, 2.45) is 0 Å². The number of imidazole rings is 1. The summed E-state index contributed by atoms with van der Waals surface area (Å²) in [7, 11) is 0. The number of para-hydroxylation sites is 1. The summed E-state index contributed by atoms with van der Waals surface area (Å²) in [6.45, 7) is 1.71. The minimum absolute atomic E-state index is 0.727. The zero-order valence-electron chi connectivity index (χ0n) is 13.7. The Bertz CT molecular complexity index is 749. The van der Waals surface area contributed by atoms with Gasteiger partial charge in [0.25, 0.3) is 0 Å². The smallest absolute Gasteiger partial charge is 0.126 e. The molecule has 3 heteroatoms. The van der Waals surface area contributed by atoms with Crippen LogP contribution in [-0.4, -0.2) is 16.2 Å². The van der Waals surface area contributed by atoms with Crippen molar-refractivity contribution in [2.45, 2.75) is 19.4 Å². The van der Waals surface area contributed by atoms with Gasteiger partial charge in [0.1, 0.15) is 5.75 Å². The average Bonchev–Trinajstić information content (AvgIpc) is 3.15. The van der Waals surface area contributed by atoms with Crippen LogP contribution in [0.2, 0.25) is 0 Å². The fourth-order valence-electron chi connectivity index (χ4n) is 2.50. The Morgan fingerprint density at radius 2 is 1.75 bits per heavy atom. The molecule has 3 nitrogen and oxygen atoms in total. The van der Waals surface area contributed by atoms with Crippen LogP contribution in [0.3, 0.4) is 0 Å². The second-order valence-electron chi connectivity index (χ2n) is 5.64. The van der Waals surface area contributed by atoms with E-state index in [2.05, 4.69) is 39.9 Å². The van der Waals surface area contributed by atoms with Crippen molar-refractivity contribution >= 4 is 12.2 Å². The Labute approximate surface area is 143 Å². The molecule has 24 heavy (non-hydrogen) atoms. The summed E-state index contributed by atoms with van der Waals surface area (Å²) in [5, 5.41) is 0. The monoisotopic (exact) mass is 318 g/mol. The Morgan fingerprint density at radius 3 is 2.58 bits per heavy atom. The molecule has 1 aromatic heterocycles. The fourth-order valence-corrected chi connectivity index (χ4v) is 2.50. The molecule has 0 aliphatic heterocycles. The molecule has 0 atom stereocenters. The Kier molecular flexibility index (Phi) is 5.84. The van der Waals surface area contributed by atoms with Gasteiger partial charge in [-0.25, -0.2) is 4.98 Å². The molecule has 0 aliphatic rings. The molecule has 0 radical (unpaired) electrons. The maximum atomic E-state index is 5.97. The number of aryl methyl sites for hydroxylation is 1. The van der Waals surface area contributed by atoms with Gasteiger partial charge in [0, 0.05) is 24.5 Å². The van der Waals surface area contributed by atoms with E-state index in [1.54, 1.807) is 0 Å². The maximum absolute atomic E-state index is 5.97. The fraction of sp³-hybridized carbons (Fsp3) is 0.190. The second-order valence-corrected chi connectivity index (χ2v) is 5.64. The molecular formula is C21H22N2O. The van der Waals surface area contributed by atoms with Crippen LogP contribution in [0.4, 0.5) is 0 Å². The molecule has 1 heterocycles. The highest BCUT2D eigenvalue weighted by Gasteiger charge is 2.00. The van der Waals surface area contributed by atoms with Crippen molar-refractivity contribution in [1.29, 1.82) is 0 Å². The van der Waals surface area contributed by atoms with Crippen LogP contribution in [0.15, 0.2) is 73.3 Å². The third-order valence-corrected chi connectivity index (χ3v) is 3.80. The number of unbranched alkanes of at least 4 members (excludes halogenated alkanes) is 1. The van der Waals surface area contributed by atoms with Crippen LogP contribution in [-0.2, 0) is 6.54 Å². The molecule has 0 bridgehead atoms. The van der Waals surface area contributed by atoms with E-state index in [0.29, 0.717) is 0 Å². The third kappa shape index (κ3) is 4.85. The molecule has 3 aromatic rings. The molecule has 0 aliphatic carbocycles. The number of nitrogens with zero attached hydrogens (tertiary/aromatic N) is 2. The van der Waals surface area contributed by atoms with Crippen molar-refractivity contribution in [3.63, 3.8) is 0 Å². The zero-order chi connectivity index (χ0) is 16.5. The van der Waals surface area contributed by atoms with Crippen LogP contribution in [0.25, 0.3) is 12.2 Å². The van der Waals surface area contributed by atoms with E-state index in [-0.39, 0.29) is 0 Å². The quantitative estimate of drug-likeness (QED) is 0.436. The van der Waals surface area contributed by atoms with Gasteiger partial charge in [-0.05, 0) is 24.5 Å². The molecule has 3 rings (SSSR count). The lowest BCUT2D eigenvalue weighted by Crippen LogP contribution is -2.01. The summed E-state index contributed by atoms with van der Waals surface area (Å²) in [5.41, 5.74) is 2.29. The van der Waals surface area contributed by atoms with E-state index in [9.17, 15) is 0 Å². The van der Waals surface area contributed by atoms with Gasteiger partial charge >= 0.3 is 0 Å². The van der Waals surface area contributed by atoms with E-state index in [4.69, 9.17) is 4.74 Å². The predicted molar refractivity (Wildman–Crippen MR) is 98.8 cm³/mol. The maximum Gasteiger partial charge on any atom is 0.126 e. The molecule has 0 saturated carbocycles. The van der Waals surface area contributed by atoms with Crippen molar-refractivity contribution in [3.8, 4) is 5.75 Å². The summed E-state index contributed by atoms with van der Waals surface area (Å²) in [4.78, 5) is 4.05. The SMILES string of the molecule is C(=Cc1ccccc1OCCCCn1ccnc1)c1ccccc1. The average molecular weight is 318 g/mol. The summed E-state index contributed by atoms with van der Waals surface area (Å²) in [6.07, 6.45) is 12.0. The number of benzene rings is 2. The number of aromatic nitrogens is 2. The van der Waals surface area contributed by atoms with Crippen LogP contribution in [0, 0.1) is 0 Å². The highest BCUT2D eigenvalue weighted by atomic mass is 16.5. The molecule has 0 unspecified atom stereocenters. The van der Waals surface area contributed by atoms with Crippen LogP contribution >= 0.6 is 0 Å². The van der Waals surface area contributed by atoms with Crippen molar-refractivity contribution in [2.75, 3.05) is 6.61 Å². The first kappa shape index (κ1) is 16.1. The van der Waals surface area contributed by atoms with Crippen LogP contribution in [0.1, 0.15) is 24.0 Å². The summed E-state index contributed by atoms with van der Waals surface area (Å²) < 4.78 is 8.06. The van der Waals surface area contributed by atoms with Gasteiger partial charge in [-0.15, -0.1) is 0 Å². The highest BCUT2D eigenvalue weighted by molar-refractivity contribution is 5.72. The van der Waals surface area contributed by atoms with Crippen LogP contribution < -0.4 is 4.74 Å². The normalized spacial score (nSPS) is 11.0. The Balaban J connectivity index is 1.51. The van der Waals surface area contributed by atoms with Gasteiger partial charge in [-0.1, -0.05) is 60.7 Å². The standard InChI is InChI=1S/C21H22N2O/c1-2-8-19(9-3-1)12-13-20-10-4-5-11-21(20)24-17-7-6-15-23-16-14-22-18-23/h1-5,8-14,16,18H,6-7,15,17H2. The molecule has 122 valence electrons. The highest BCUT2D eigenvalue weighted by Crippen LogP contribution is 2.21. The molecule has 0 N–H and O–H groups in total. The van der Waals surface area contributed by atoms with Crippen molar-refractivity contribution in [3.05, 3.63) is 84.4 Å². The predicted octanol–water partition coefficient (Wildman–Crippen LogP) is 4.91. The summed E-state index contributed by atoms with van der Waals surface area (Å²) in [6, 6.07) is 18.5. The lowest BCUT2D eigenvalue weighted by molar-refractivity contribution is 0.302. The first-order valence-corrected chi connectivity index (χ1v) is 8.32. The number of ether oxygens (including phenoxy) is 1. The van der Waals surface area contributed by atoms with E-state index in [0.717, 1.165) is 37.3 Å². The molecule has 0 fully saturated rings. The molecule has 2 aromatic carbocycles. The number of hydrogen-bond acceptors (Lipinski definition) is 2. The van der Waals surface area contributed by atoms with E-state index in [1.807, 2.05) is 55.1 Å². The minimum Gasteiger partial charge on any atom is -0.493 e. The Hall–Kier alpha value is -2.81. The van der Waals surface area contributed by atoms with Gasteiger partial charge in [-0.2, -0.15) is 0 Å². The van der Waals surface area contributed by atoms with E-state index in [1.165, 1.54) is 5.56 Å². The first-order chi connectivity index (χ1) is 11.9. The van der Waals surface area contributed by atoms with Gasteiger partial charge in [0.05, 0.1) is 12.9 Å². The second kappa shape index (κ2) is 8.73. The molecule has 0 amide bonds. The topological polar surface area (TPSA) is 27.1 Å². The Morgan fingerprint density at radius 1 is 0.917 bits per heavy atom. The van der Waals surface area contributed by atoms with Gasteiger partial charge in [-0.3, -0.25) is 0 Å². The van der Waals surface area contributed by atoms with E-state index >= 15 is 0 Å². The number of rotatable bonds is 8. The minimum atomic E-state index is 0.727. The summed E-state index contributed by atoms with van der Waals surface area (Å²) >= 11 is 0.